The summed E-state index contributed by atoms with van der Waals surface area (Å²) in [4.78, 5) is 17.9. The van der Waals surface area contributed by atoms with Crippen molar-refractivity contribution >= 4 is 11.5 Å². The van der Waals surface area contributed by atoms with Crippen LogP contribution in [0.2, 0.25) is 0 Å². The Bertz CT molecular complexity index is 542. The van der Waals surface area contributed by atoms with Gasteiger partial charge in [0.2, 0.25) is 5.82 Å². The van der Waals surface area contributed by atoms with Gasteiger partial charge in [0.05, 0.1) is 4.92 Å². The van der Waals surface area contributed by atoms with Crippen LogP contribution in [0.15, 0.2) is 36.7 Å². The van der Waals surface area contributed by atoms with Gasteiger partial charge in [-0.3, -0.25) is 10.1 Å². The first-order valence-corrected chi connectivity index (χ1v) is 4.96. The Morgan fingerprint density at radius 3 is 2.59 bits per heavy atom. The molecule has 6 nitrogen and oxygen atoms in total. The van der Waals surface area contributed by atoms with Crippen LogP contribution in [0.3, 0.4) is 0 Å². The van der Waals surface area contributed by atoms with Crippen LogP contribution in [0.25, 0.3) is 0 Å². The molecule has 6 heteroatoms. The second-order valence-electron chi connectivity index (χ2n) is 3.47. The van der Waals surface area contributed by atoms with E-state index in [1.54, 1.807) is 0 Å². The van der Waals surface area contributed by atoms with Crippen LogP contribution in [-0.2, 0) is 6.42 Å². The van der Waals surface area contributed by atoms with Crippen molar-refractivity contribution in [1.82, 2.24) is 9.97 Å². The number of nitrogens with two attached hydrogens (primary N) is 1. The summed E-state index contributed by atoms with van der Waals surface area (Å²) in [6, 6.07) is 9.37. The predicted molar refractivity (Wildman–Crippen MR) is 62.3 cm³/mol. The van der Waals surface area contributed by atoms with E-state index in [0.29, 0.717) is 12.1 Å². The van der Waals surface area contributed by atoms with Gasteiger partial charge >= 0.3 is 5.69 Å². The molecule has 0 atom stereocenters. The van der Waals surface area contributed by atoms with E-state index in [-0.39, 0.29) is 11.5 Å². The molecule has 0 unspecified atom stereocenters. The fourth-order valence-corrected chi connectivity index (χ4v) is 1.55. The van der Waals surface area contributed by atoms with Crippen molar-refractivity contribution in [2.45, 2.75) is 6.42 Å². The van der Waals surface area contributed by atoms with Crippen molar-refractivity contribution in [3.63, 3.8) is 0 Å². The number of rotatable bonds is 3. The van der Waals surface area contributed by atoms with Crippen molar-refractivity contribution in [2.75, 3.05) is 5.73 Å². The third-order valence-electron chi connectivity index (χ3n) is 2.32. The summed E-state index contributed by atoms with van der Waals surface area (Å²) in [5, 5.41) is 10.9. The molecule has 0 amide bonds. The van der Waals surface area contributed by atoms with Crippen LogP contribution in [0, 0.1) is 10.1 Å². The molecule has 0 fully saturated rings. The highest BCUT2D eigenvalue weighted by molar-refractivity contribution is 5.55. The zero-order valence-corrected chi connectivity index (χ0v) is 8.91. The van der Waals surface area contributed by atoms with Crippen LogP contribution in [0.5, 0.6) is 0 Å². The Hall–Kier alpha value is -2.50. The fourth-order valence-electron chi connectivity index (χ4n) is 1.55. The standard InChI is InChI=1S/C11H10N4O2/c12-11-10(15(16)17)9(13-7-14-11)6-8-4-2-1-3-5-8/h1-5,7H,6H2,(H2,12,13,14). The second-order valence-corrected chi connectivity index (χ2v) is 3.47. The van der Waals surface area contributed by atoms with Crippen molar-refractivity contribution in [3.8, 4) is 0 Å². The number of nitrogens with zero attached hydrogens (tertiary/aromatic N) is 3. The number of aromatic nitrogens is 2. The molecule has 0 aliphatic rings. The molecule has 0 saturated heterocycles. The molecule has 0 bridgehead atoms. The molecule has 0 spiro atoms. The average molecular weight is 230 g/mol. The van der Waals surface area contributed by atoms with Gasteiger partial charge in [0.25, 0.3) is 0 Å². The van der Waals surface area contributed by atoms with Gasteiger partial charge in [-0.25, -0.2) is 9.97 Å². The molecule has 86 valence electrons. The average Bonchev–Trinajstić information content (AvgIpc) is 2.30. The summed E-state index contributed by atoms with van der Waals surface area (Å²) >= 11 is 0. The first-order valence-electron chi connectivity index (χ1n) is 4.96. The normalized spacial score (nSPS) is 10.1. The summed E-state index contributed by atoms with van der Waals surface area (Å²) in [6.45, 7) is 0. The molecule has 2 aromatic rings. The Labute approximate surface area is 97.3 Å². The van der Waals surface area contributed by atoms with Crippen LogP contribution in [0.1, 0.15) is 11.3 Å². The van der Waals surface area contributed by atoms with Gasteiger partial charge in [-0.15, -0.1) is 0 Å². The van der Waals surface area contributed by atoms with Crippen LogP contribution < -0.4 is 5.73 Å². The van der Waals surface area contributed by atoms with Gasteiger partial charge in [0.15, 0.2) is 0 Å². The Morgan fingerprint density at radius 2 is 1.94 bits per heavy atom. The van der Waals surface area contributed by atoms with E-state index in [1.165, 1.54) is 6.33 Å². The van der Waals surface area contributed by atoms with Gasteiger partial charge in [0.1, 0.15) is 12.0 Å². The highest BCUT2D eigenvalue weighted by Gasteiger charge is 2.20. The minimum Gasteiger partial charge on any atom is -0.378 e. The monoisotopic (exact) mass is 230 g/mol. The third-order valence-corrected chi connectivity index (χ3v) is 2.32. The minimum atomic E-state index is -0.548. The summed E-state index contributed by atoms with van der Waals surface area (Å²) in [5.41, 5.74) is 6.54. The number of hydrogen-bond acceptors (Lipinski definition) is 5. The highest BCUT2D eigenvalue weighted by Crippen LogP contribution is 2.23. The molecule has 17 heavy (non-hydrogen) atoms. The molecular formula is C11H10N4O2. The fraction of sp³-hybridized carbons (Fsp3) is 0.0909. The van der Waals surface area contributed by atoms with Gasteiger partial charge in [-0.05, 0) is 5.56 Å². The van der Waals surface area contributed by atoms with Gasteiger partial charge in [0, 0.05) is 6.42 Å². The SMILES string of the molecule is Nc1ncnc(Cc2ccccc2)c1[N+](=O)[O-]. The lowest BCUT2D eigenvalue weighted by Crippen LogP contribution is -2.05. The molecule has 1 aromatic carbocycles. The summed E-state index contributed by atoms with van der Waals surface area (Å²) < 4.78 is 0. The maximum absolute atomic E-state index is 10.9. The summed E-state index contributed by atoms with van der Waals surface area (Å²) in [5.74, 6) is -0.101. The lowest BCUT2D eigenvalue weighted by Gasteiger charge is -2.03. The van der Waals surface area contributed by atoms with E-state index >= 15 is 0 Å². The number of nitro groups is 1. The zero-order valence-electron chi connectivity index (χ0n) is 8.91. The molecule has 0 radical (unpaired) electrons. The molecule has 0 aliphatic heterocycles. The lowest BCUT2D eigenvalue weighted by atomic mass is 10.1. The first-order chi connectivity index (χ1) is 8.18. The van der Waals surface area contributed by atoms with Crippen molar-refractivity contribution < 1.29 is 4.92 Å². The quantitative estimate of drug-likeness (QED) is 0.637. The second kappa shape index (κ2) is 4.56. The molecule has 1 heterocycles. The molecule has 0 aliphatic carbocycles. The van der Waals surface area contributed by atoms with E-state index in [4.69, 9.17) is 5.73 Å². The number of nitrogen functional groups attached to an aromatic ring is 1. The molecule has 2 rings (SSSR count). The van der Waals surface area contributed by atoms with Crippen LogP contribution in [-0.4, -0.2) is 14.9 Å². The van der Waals surface area contributed by atoms with Gasteiger partial charge in [-0.2, -0.15) is 0 Å². The van der Waals surface area contributed by atoms with Gasteiger partial charge in [-0.1, -0.05) is 30.3 Å². The van der Waals surface area contributed by atoms with Crippen LogP contribution >= 0.6 is 0 Å². The minimum absolute atomic E-state index is 0.101. The Kier molecular flexibility index (Phi) is 2.95. The molecule has 2 N–H and O–H groups in total. The molecular weight excluding hydrogens is 220 g/mol. The number of hydrogen-bond donors (Lipinski definition) is 1. The van der Waals surface area contributed by atoms with Crippen LogP contribution in [0.4, 0.5) is 11.5 Å². The number of benzene rings is 1. The third kappa shape index (κ3) is 2.36. The number of anilines is 1. The van der Waals surface area contributed by atoms with E-state index < -0.39 is 4.92 Å². The van der Waals surface area contributed by atoms with E-state index in [1.807, 2.05) is 30.3 Å². The first kappa shape index (κ1) is 11.0. The molecule has 0 saturated carbocycles. The van der Waals surface area contributed by atoms with Gasteiger partial charge < -0.3 is 5.73 Å². The smallest absolute Gasteiger partial charge is 0.332 e. The lowest BCUT2D eigenvalue weighted by molar-refractivity contribution is -0.385. The van der Waals surface area contributed by atoms with Crippen molar-refractivity contribution in [1.29, 1.82) is 0 Å². The Balaban J connectivity index is 2.40. The summed E-state index contributed by atoms with van der Waals surface area (Å²) in [6.07, 6.45) is 1.60. The maximum Gasteiger partial charge on any atom is 0.332 e. The summed E-state index contributed by atoms with van der Waals surface area (Å²) in [7, 11) is 0. The maximum atomic E-state index is 10.9. The zero-order chi connectivity index (χ0) is 12.3. The predicted octanol–water partition coefficient (Wildman–Crippen LogP) is 1.56. The van der Waals surface area contributed by atoms with Crippen molar-refractivity contribution in [3.05, 3.63) is 58.0 Å². The van der Waals surface area contributed by atoms with E-state index in [2.05, 4.69) is 9.97 Å². The van der Waals surface area contributed by atoms with E-state index in [0.717, 1.165) is 5.56 Å². The topological polar surface area (TPSA) is 94.9 Å². The largest absolute Gasteiger partial charge is 0.378 e. The molecule has 1 aromatic heterocycles. The van der Waals surface area contributed by atoms with Crippen molar-refractivity contribution in [2.24, 2.45) is 0 Å². The van der Waals surface area contributed by atoms with E-state index in [9.17, 15) is 10.1 Å². The Morgan fingerprint density at radius 1 is 1.24 bits per heavy atom. The highest BCUT2D eigenvalue weighted by atomic mass is 16.6.